The number of carbonyl (C=O) groups excluding carboxylic acids is 2. The molecule has 1 unspecified atom stereocenters. The van der Waals surface area contributed by atoms with Gasteiger partial charge in [-0.2, -0.15) is 0 Å². The number of halogens is 2. The summed E-state index contributed by atoms with van der Waals surface area (Å²) in [7, 11) is 0. The maximum atomic E-state index is 14.0. The van der Waals surface area contributed by atoms with Crippen LogP contribution in [0.3, 0.4) is 0 Å². The minimum atomic E-state index is -0.770. The first-order valence-corrected chi connectivity index (χ1v) is 14.8. The molecule has 2 aliphatic heterocycles. The molecule has 3 N–H and O–H groups in total. The van der Waals surface area contributed by atoms with E-state index >= 15 is 0 Å². The Morgan fingerprint density at radius 2 is 2.20 bits per heavy atom. The summed E-state index contributed by atoms with van der Waals surface area (Å²) >= 11 is 4.86. The highest BCUT2D eigenvalue weighted by molar-refractivity contribution is 9.10. The van der Waals surface area contributed by atoms with Crippen LogP contribution >= 0.6 is 27.3 Å². The van der Waals surface area contributed by atoms with Crippen LogP contribution in [0.25, 0.3) is 0 Å². The van der Waals surface area contributed by atoms with Crippen molar-refractivity contribution < 1.29 is 28.2 Å². The number of nitrogens with one attached hydrogen (secondary N) is 1. The van der Waals surface area contributed by atoms with E-state index in [-0.39, 0.29) is 31.6 Å². The zero-order chi connectivity index (χ0) is 28.6. The van der Waals surface area contributed by atoms with Gasteiger partial charge in [-0.05, 0) is 31.0 Å². The van der Waals surface area contributed by atoms with E-state index in [1.54, 1.807) is 19.2 Å². The number of aliphatic imine (C=N–C) groups is 1. The summed E-state index contributed by atoms with van der Waals surface area (Å²) in [5.41, 5.74) is 7.36. The van der Waals surface area contributed by atoms with Crippen molar-refractivity contribution in [2.24, 2.45) is 10.7 Å². The summed E-state index contributed by atoms with van der Waals surface area (Å²) in [6, 6.07) is 2.81. The normalized spacial score (nSPS) is 20.6. The zero-order valence-corrected chi connectivity index (χ0v) is 24.8. The number of Topliss-reactive ketones (excluding diaryl/α,β-unsaturated/α-hetero) is 1. The number of morpholine rings is 1. The Bertz CT molecular complexity index is 1260. The smallest absolute Gasteiger partial charge is 0.338 e. The molecule has 4 rings (SSSR count). The quantitative estimate of drug-likeness (QED) is 0.338. The summed E-state index contributed by atoms with van der Waals surface area (Å²) in [5, 5.41) is 5.82. The van der Waals surface area contributed by atoms with Gasteiger partial charge in [-0.3, -0.25) is 14.7 Å². The van der Waals surface area contributed by atoms with E-state index in [1.165, 1.54) is 23.5 Å². The van der Waals surface area contributed by atoms with Crippen molar-refractivity contribution in [2.45, 2.75) is 38.4 Å². The van der Waals surface area contributed by atoms with Gasteiger partial charge in [-0.15, -0.1) is 11.3 Å². The van der Waals surface area contributed by atoms with Gasteiger partial charge >= 0.3 is 5.97 Å². The van der Waals surface area contributed by atoms with E-state index in [0.29, 0.717) is 64.9 Å². The number of aromatic nitrogens is 1. The van der Waals surface area contributed by atoms with E-state index in [1.807, 2.05) is 12.3 Å². The van der Waals surface area contributed by atoms with Crippen LogP contribution in [0.5, 0.6) is 0 Å². The Hall–Kier alpha value is -2.55. The SMILES string of the molecule is CCOC(=O)C1=C(CN2CCOC[C@H]2COCC(=O)[C@@H](N)CC)NC(c2nccs2)=NC1c1ccc(F)cc1Br. The van der Waals surface area contributed by atoms with Crippen molar-refractivity contribution in [3.05, 3.63) is 61.9 Å². The summed E-state index contributed by atoms with van der Waals surface area (Å²) in [6.07, 6.45) is 2.23. The highest BCUT2D eigenvalue weighted by Gasteiger charge is 2.36. The summed E-state index contributed by atoms with van der Waals surface area (Å²) in [4.78, 5) is 37.0. The molecular weight excluding hydrogens is 605 g/mol. The number of nitrogens with two attached hydrogens (primary N) is 1. The Balaban J connectivity index is 1.67. The molecule has 2 aliphatic rings. The van der Waals surface area contributed by atoms with Crippen molar-refractivity contribution in [3.63, 3.8) is 0 Å². The lowest BCUT2D eigenvalue weighted by Gasteiger charge is -2.37. The number of esters is 1. The summed E-state index contributed by atoms with van der Waals surface area (Å²) in [5.74, 6) is -0.581. The summed E-state index contributed by atoms with van der Waals surface area (Å²) in [6.45, 7) is 5.75. The molecule has 13 heteroatoms. The van der Waals surface area contributed by atoms with Crippen molar-refractivity contribution in [1.29, 1.82) is 0 Å². The van der Waals surface area contributed by atoms with Crippen LogP contribution in [-0.4, -0.2) is 85.7 Å². The molecule has 1 aromatic carbocycles. The van der Waals surface area contributed by atoms with Gasteiger partial charge in [0.2, 0.25) is 0 Å². The third-order valence-corrected chi connectivity index (χ3v) is 8.10. The highest BCUT2D eigenvalue weighted by Crippen LogP contribution is 2.37. The van der Waals surface area contributed by atoms with Gasteiger partial charge in [-0.1, -0.05) is 28.9 Å². The molecule has 0 saturated carbocycles. The fourth-order valence-electron chi connectivity index (χ4n) is 4.45. The van der Waals surface area contributed by atoms with E-state index in [2.05, 4.69) is 31.1 Å². The van der Waals surface area contributed by atoms with Crippen molar-refractivity contribution in [2.75, 3.05) is 46.1 Å². The third kappa shape index (κ3) is 7.39. The average Bonchev–Trinajstić information content (AvgIpc) is 3.48. The van der Waals surface area contributed by atoms with E-state index in [0.717, 1.165) is 0 Å². The monoisotopic (exact) mass is 637 g/mol. The summed E-state index contributed by atoms with van der Waals surface area (Å²) < 4.78 is 31.4. The van der Waals surface area contributed by atoms with Gasteiger partial charge in [0.25, 0.3) is 0 Å². The van der Waals surface area contributed by atoms with Crippen molar-refractivity contribution >= 4 is 44.9 Å². The standard InChI is InChI=1S/C27H33BrFN5O5S/c1-3-20(30)22(35)15-38-14-17-13-37-9-8-34(17)12-21-23(27(36)39-4-2)24(18-6-5-16(29)11-19(18)28)33-25(32-21)26-31-7-10-40-26/h5-7,10-11,17,20,24H,3-4,8-9,12-15,30H2,1-2H3,(H,32,33)/t17-,20-,24?/m0/s1. The van der Waals surface area contributed by atoms with Crippen molar-refractivity contribution in [3.8, 4) is 0 Å². The first kappa shape index (κ1) is 30.4. The second kappa shape index (κ2) is 14.4. The molecule has 216 valence electrons. The lowest BCUT2D eigenvalue weighted by atomic mass is 9.95. The molecule has 0 amide bonds. The lowest BCUT2D eigenvalue weighted by Crippen LogP contribution is -2.51. The van der Waals surface area contributed by atoms with E-state index < -0.39 is 23.9 Å². The predicted molar refractivity (Wildman–Crippen MR) is 153 cm³/mol. The molecule has 10 nitrogen and oxygen atoms in total. The zero-order valence-electron chi connectivity index (χ0n) is 22.4. The molecule has 2 aromatic rings. The molecule has 1 saturated heterocycles. The molecule has 0 bridgehead atoms. The van der Waals surface area contributed by atoms with Gasteiger partial charge in [-0.25, -0.2) is 14.2 Å². The number of nitrogens with zero attached hydrogens (tertiary/aromatic N) is 3. The van der Waals surface area contributed by atoms with Crippen LogP contribution in [0.15, 0.2) is 50.5 Å². The van der Waals surface area contributed by atoms with Gasteiger partial charge < -0.3 is 25.3 Å². The number of carbonyl (C=O) groups is 2. The number of hydrogen-bond donors (Lipinski definition) is 2. The molecule has 0 radical (unpaired) electrons. The second-order valence-corrected chi connectivity index (χ2v) is 11.1. The number of thiazole rings is 1. The topological polar surface area (TPSA) is 128 Å². The van der Waals surface area contributed by atoms with E-state index in [9.17, 15) is 14.0 Å². The highest BCUT2D eigenvalue weighted by atomic mass is 79.9. The Kier molecular flexibility index (Phi) is 10.9. The molecule has 40 heavy (non-hydrogen) atoms. The van der Waals surface area contributed by atoms with Gasteiger partial charge in [0.05, 0.1) is 44.1 Å². The van der Waals surface area contributed by atoms with E-state index in [4.69, 9.17) is 24.9 Å². The van der Waals surface area contributed by atoms with Crippen LogP contribution < -0.4 is 11.1 Å². The largest absolute Gasteiger partial charge is 0.463 e. The van der Waals surface area contributed by atoms with Crippen molar-refractivity contribution in [1.82, 2.24) is 15.2 Å². The first-order chi connectivity index (χ1) is 19.3. The maximum absolute atomic E-state index is 14.0. The Morgan fingerprint density at radius 3 is 2.90 bits per heavy atom. The third-order valence-electron chi connectivity index (χ3n) is 6.63. The first-order valence-electron chi connectivity index (χ1n) is 13.1. The second-order valence-electron chi connectivity index (χ2n) is 9.32. The molecule has 0 aliphatic carbocycles. The molecule has 3 atom stereocenters. The number of amidine groups is 1. The Morgan fingerprint density at radius 1 is 1.38 bits per heavy atom. The number of rotatable bonds is 12. The minimum absolute atomic E-state index is 0.0735. The van der Waals surface area contributed by atoms with Crippen LogP contribution in [0.4, 0.5) is 4.39 Å². The minimum Gasteiger partial charge on any atom is -0.463 e. The van der Waals surface area contributed by atoms with Gasteiger partial charge in [0.15, 0.2) is 16.6 Å². The molecule has 1 aromatic heterocycles. The van der Waals surface area contributed by atoms with Crippen LogP contribution in [0.2, 0.25) is 0 Å². The fraction of sp³-hybridized carbons (Fsp3) is 0.481. The molecular formula is C27H33BrFN5O5S. The molecule has 1 fully saturated rings. The fourth-order valence-corrected chi connectivity index (χ4v) is 5.61. The average molecular weight is 639 g/mol. The molecule has 3 heterocycles. The van der Waals surface area contributed by atoms with Crippen LogP contribution in [0, 0.1) is 5.82 Å². The number of ketones is 1. The predicted octanol–water partition coefficient (Wildman–Crippen LogP) is 2.98. The number of benzene rings is 1. The van der Waals surface area contributed by atoms with Gasteiger partial charge in [0, 0.05) is 34.8 Å². The van der Waals surface area contributed by atoms with Crippen LogP contribution in [-0.2, 0) is 23.8 Å². The number of hydrogen-bond acceptors (Lipinski definition) is 11. The van der Waals surface area contributed by atoms with Crippen LogP contribution in [0.1, 0.15) is 36.9 Å². The lowest BCUT2D eigenvalue weighted by molar-refractivity contribution is -0.139. The number of ether oxygens (including phenoxy) is 3. The maximum Gasteiger partial charge on any atom is 0.338 e. The Labute approximate surface area is 244 Å². The molecule has 0 spiro atoms. The van der Waals surface area contributed by atoms with Gasteiger partial charge in [0.1, 0.15) is 18.5 Å².